The first-order chi connectivity index (χ1) is 8.54. The van der Waals surface area contributed by atoms with Crippen LogP contribution < -0.4 is 0 Å². The van der Waals surface area contributed by atoms with Crippen molar-refractivity contribution in [3.05, 3.63) is 0 Å². The number of rotatable bonds is 5. The van der Waals surface area contributed by atoms with Crippen molar-refractivity contribution < 1.29 is 13.2 Å². The zero-order chi connectivity index (χ0) is 13.2. The number of nitrogens with zero attached hydrogens (tertiary/aromatic N) is 2. The highest BCUT2D eigenvalue weighted by Gasteiger charge is 2.42. The molecule has 18 heavy (non-hydrogen) atoms. The Hall–Kier alpha value is -0.170. The Morgan fingerprint density at radius 1 is 1.28 bits per heavy atom. The van der Waals surface area contributed by atoms with Crippen molar-refractivity contribution in [2.45, 2.75) is 38.3 Å². The zero-order valence-electron chi connectivity index (χ0n) is 11.3. The van der Waals surface area contributed by atoms with Crippen LogP contribution in [0.2, 0.25) is 0 Å². The molecule has 0 N–H and O–H groups in total. The molecular weight excluding hydrogens is 252 g/mol. The second-order valence-corrected chi connectivity index (χ2v) is 7.39. The Bertz CT molecular complexity index is 372. The minimum atomic E-state index is -3.09. The molecule has 2 aliphatic rings. The van der Waals surface area contributed by atoms with Gasteiger partial charge in [-0.3, -0.25) is 4.90 Å². The first-order valence-corrected chi connectivity index (χ1v) is 8.45. The van der Waals surface area contributed by atoms with Gasteiger partial charge < -0.3 is 4.74 Å². The van der Waals surface area contributed by atoms with Crippen LogP contribution in [-0.2, 0) is 14.8 Å². The molecule has 5 nitrogen and oxygen atoms in total. The summed E-state index contributed by atoms with van der Waals surface area (Å²) in [6.45, 7) is 4.81. The van der Waals surface area contributed by atoms with Crippen LogP contribution in [0.25, 0.3) is 0 Å². The van der Waals surface area contributed by atoms with Crippen molar-refractivity contribution in [3.63, 3.8) is 0 Å². The highest BCUT2D eigenvalue weighted by atomic mass is 32.2. The van der Waals surface area contributed by atoms with E-state index in [-0.39, 0.29) is 17.9 Å². The van der Waals surface area contributed by atoms with Gasteiger partial charge in [0.25, 0.3) is 0 Å². The smallest absolute Gasteiger partial charge is 0.214 e. The second kappa shape index (κ2) is 5.86. The van der Waals surface area contributed by atoms with Crippen molar-refractivity contribution in [3.8, 4) is 0 Å². The normalized spacial score (nSPS) is 30.6. The van der Waals surface area contributed by atoms with Gasteiger partial charge >= 0.3 is 0 Å². The Morgan fingerprint density at radius 3 is 2.72 bits per heavy atom. The lowest BCUT2D eigenvalue weighted by atomic mass is 10.1. The molecule has 0 amide bonds. The van der Waals surface area contributed by atoms with Crippen molar-refractivity contribution in [1.29, 1.82) is 0 Å². The maximum Gasteiger partial charge on any atom is 0.214 e. The van der Waals surface area contributed by atoms with E-state index in [1.54, 1.807) is 4.31 Å². The van der Waals surface area contributed by atoms with Crippen LogP contribution in [0.3, 0.4) is 0 Å². The van der Waals surface area contributed by atoms with Gasteiger partial charge in [-0.25, -0.2) is 8.42 Å². The van der Waals surface area contributed by atoms with E-state index < -0.39 is 10.0 Å². The first kappa shape index (κ1) is 14.2. The maximum absolute atomic E-state index is 12.2. The largest absolute Gasteiger partial charge is 0.374 e. The van der Waals surface area contributed by atoms with E-state index in [0.717, 1.165) is 25.8 Å². The van der Waals surface area contributed by atoms with Crippen LogP contribution in [0.5, 0.6) is 0 Å². The molecular formula is C12H24N2O3S. The summed E-state index contributed by atoms with van der Waals surface area (Å²) in [6.07, 6.45) is 2.86. The summed E-state index contributed by atoms with van der Waals surface area (Å²) >= 11 is 0. The first-order valence-electron chi connectivity index (χ1n) is 6.84. The Labute approximate surface area is 110 Å². The summed E-state index contributed by atoms with van der Waals surface area (Å²) in [7, 11) is -1.04. The van der Waals surface area contributed by atoms with Crippen molar-refractivity contribution in [2.24, 2.45) is 0 Å². The number of hydrogen-bond acceptors (Lipinski definition) is 4. The van der Waals surface area contributed by atoms with Crippen LogP contribution >= 0.6 is 0 Å². The predicted molar refractivity (Wildman–Crippen MR) is 71.0 cm³/mol. The lowest BCUT2D eigenvalue weighted by Gasteiger charge is -2.33. The van der Waals surface area contributed by atoms with Gasteiger partial charge in [0.15, 0.2) is 0 Å². The Morgan fingerprint density at radius 2 is 2.06 bits per heavy atom. The monoisotopic (exact) mass is 276 g/mol. The fourth-order valence-corrected chi connectivity index (χ4v) is 4.30. The predicted octanol–water partition coefficient (Wildman–Crippen LogP) is 0.521. The molecule has 2 saturated heterocycles. The van der Waals surface area contributed by atoms with Crippen LogP contribution in [0.15, 0.2) is 0 Å². The third kappa shape index (κ3) is 3.04. The average Bonchev–Trinajstić information content (AvgIpc) is 2.75. The molecule has 0 aromatic heterocycles. The Balaban J connectivity index is 1.94. The van der Waals surface area contributed by atoms with Crippen molar-refractivity contribution >= 4 is 10.0 Å². The molecule has 0 bridgehead atoms. The molecule has 2 unspecified atom stereocenters. The van der Waals surface area contributed by atoms with Gasteiger partial charge in [-0.2, -0.15) is 4.31 Å². The van der Waals surface area contributed by atoms with E-state index in [9.17, 15) is 8.42 Å². The summed E-state index contributed by atoms with van der Waals surface area (Å²) in [5.41, 5.74) is 0. The number of hydrogen-bond donors (Lipinski definition) is 0. The molecule has 0 aromatic carbocycles. The highest BCUT2D eigenvalue weighted by Crippen LogP contribution is 2.24. The quantitative estimate of drug-likeness (QED) is 0.687. The number of fused-ring (bicyclic) bond motifs is 1. The van der Waals surface area contributed by atoms with E-state index >= 15 is 0 Å². The summed E-state index contributed by atoms with van der Waals surface area (Å²) in [6, 6.07) is 0.236. The SMILES string of the molecule is CCCCCS(=O)(=O)N1CC2OCCN(C)C2C1. The standard InChI is InChI=1S/C12H24N2O3S/c1-3-4-5-8-18(15,16)14-9-11-12(10-14)17-7-6-13(11)2/h11-12H,3-10H2,1-2H3. The topological polar surface area (TPSA) is 49.9 Å². The summed E-state index contributed by atoms with van der Waals surface area (Å²) < 4.78 is 31.7. The van der Waals surface area contributed by atoms with E-state index in [0.29, 0.717) is 19.7 Å². The molecule has 0 saturated carbocycles. The second-order valence-electron chi connectivity index (χ2n) is 5.30. The lowest BCUT2D eigenvalue weighted by molar-refractivity contribution is -0.0366. The van der Waals surface area contributed by atoms with Gasteiger partial charge in [-0.05, 0) is 13.5 Å². The summed E-state index contributed by atoms with van der Waals surface area (Å²) in [5.74, 6) is 0.282. The maximum atomic E-state index is 12.2. The van der Waals surface area contributed by atoms with E-state index in [1.807, 2.05) is 7.05 Å². The number of ether oxygens (including phenoxy) is 1. The van der Waals surface area contributed by atoms with Crippen LogP contribution in [0.4, 0.5) is 0 Å². The number of sulfonamides is 1. The fourth-order valence-electron chi connectivity index (χ4n) is 2.71. The van der Waals surface area contributed by atoms with Gasteiger partial charge in [0, 0.05) is 19.6 Å². The number of unbranched alkanes of at least 4 members (excludes halogenated alkanes) is 2. The molecule has 6 heteroatoms. The van der Waals surface area contributed by atoms with Crippen molar-refractivity contribution in [1.82, 2.24) is 9.21 Å². The third-order valence-corrected chi connectivity index (χ3v) is 5.83. The van der Waals surface area contributed by atoms with Gasteiger partial charge in [-0.15, -0.1) is 0 Å². The molecule has 0 aromatic rings. The molecule has 106 valence electrons. The summed E-state index contributed by atoms with van der Waals surface area (Å²) in [4.78, 5) is 2.22. The number of likely N-dealkylation sites (N-methyl/N-ethyl adjacent to an activating group) is 1. The minimum absolute atomic E-state index is 0.0599. The van der Waals surface area contributed by atoms with Crippen LogP contribution in [0, 0.1) is 0 Å². The van der Waals surface area contributed by atoms with E-state index in [4.69, 9.17) is 4.74 Å². The molecule has 0 aliphatic carbocycles. The van der Waals surface area contributed by atoms with Gasteiger partial charge in [0.1, 0.15) is 0 Å². The van der Waals surface area contributed by atoms with Crippen LogP contribution in [0.1, 0.15) is 26.2 Å². The van der Waals surface area contributed by atoms with Gasteiger partial charge in [-0.1, -0.05) is 19.8 Å². The van der Waals surface area contributed by atoms with Gasteiger partial charge in [0.05, 0.1) is 24.5 Å². The zero-order valence-corrected chi connectivity index (χ0v) is 12.2. The average molecular weight is 276 g/mol. The molecule has 2 fully saturated rings. The molecule has 2 aliphatic heterocycles. The van der Waals surface area contributed by atoms with Crippen LogP contribution in [-0.4, -0.2) is 68.8 Å². The Kier molecular flexibility index (Phi) is 4.64. The van der Waals surface area contributed by atoms with E-state index in [2.05, 4.69) is 11.8 Å². The third-order valence-electron chi connectivity index (χ3n) is 3.94. The van der Waals surface area contributed by atoms with E-state index in [1.165, 1.54) is 0 Å². The molecule has 0 radical (unpaired) electrons. The fraction of sp³-hybridized carbons (Fsp3) is 1.00. The minimum Gasteiger partial charge on any atom is -0.374 e. The molecule has 2 heterocycles. The van der Waals surface area contributed by atoms with Gasteiger partial charge in [0.2, 0.25) is 10.0 Å². The molecule has 2 atom stereocenters. The summed E-state index contributed by atoms with van der Waals surface area (Å²) in [5, 5.41) is 0. The lowest BCUT2D eigenvalue weighted by Crippen LogP contribution is -2.48. The van der Waals surface area contributed by atoms with Crippen molar-refractivity contribution in [2.75, 3.05) is 39.0 Å². The molecule has 0 spiro atoms. The molecule has 2 rings (SSSR count). The number of morpholine rings is 1. The highest BCUT2D eigenvalue weighted by molar-refractivity contribution is 7.89.